The number of rotatable bonds is 5. The predicted molar refractivity (Wildman–Crippen MR) is 76.5 cm³/mol. The molecule has 1 N–H and O–H groups in total. The van der Waals surface area contributed by atoms with Crippen LogP contribution < -0.4 is 9.47 Å². The van der Waals surface area contributed by atoms with Crippen LogP contribution in [0.25, 0.3) is 0 Å². The van der Waals surface area contributed by atoms with Gasteiger partial charge in [0.05, 0.1) is 31.1 Å². The van der Waals surface area contributed by atoms with Crippen LogP contribution in [0.1, 0.15) is 24.3 Å². The number of halogens is 1. The highest BCUT2D eigenvalue weighted by atomic mass is 35.5. The standard InChI is InChI=1S/C14H17ClN2O3/c1-4-17-13(11(15)8-16-17)14(18)10-7-9(19-2)5-6-12(10)20-3/h5-8,14,18H,4H2,1-3H3. The molecule has 5 nitrogen and oxygen atoms in total. The zero-order valence-electron chi connectivity index (χ0n) is 11.6. The van der Waals surface area contributed by atoms with E-state index in [-0.39, 0.29) is 0 Å². The molecule has 0 aliphatic rings. The van der Waals surface area contributed by atoms with Gasteiger partial charge >= 0.3 is 0 Å². The van der Waals surface area contributed by atoms with E-state index in [1.165, 1.54) is 6.20 Å². The lowest BCUT2D eigenvalue weighted by Crippen LogP contribution is -2.10. The molecule has 1 aromatic carbocycles. The fourth-order valence-corrected chi connectivity index (χ4v) is 2.34. The molecule has 1 unspecified atom stereocenters. The number of benzene rings is 1. The highest BCUT2D eigenvalue weighted by Gasteiger charge is 2.23. The number of aliphatic hydroxyl groups is 1. The monoisotopic (exact) mass is 296 g/mol. The van der Waals surface area contributed by atoms with Gasteiger partial charge in [0, 0.05) is 12.1 Å². The van der Waals surface area contributed by atoms with Crippen LogP contribution in [0.3, 0.4) is 0 Å². The summed E-state index contributed by atoms with van der Waals surface area (Å²) in [5.74, 6) is 1.21. The van der Waals surface area contributed by atoms with Gasteiger partial charge in [-0.15, -0.1) is 0 Å². The van der Waals surface area contributed by atoms with Crippen LogP contribution in [0.2, 0.25) is 5.02 Å². The molecule has 0 aliphatic heterocycles. The van der Waals surface area contributed by atoms with Crippen molar-refractivity contribution in [2.45, 2.75) is 19.6 Å². The van der Waals surface area contributed by atoms with Crippen molar-refractivity contribution in [3.8, 4) is 11.5 Å². The third-order valence-corrected chi connectivity index (χ3v) is 3.41. The average Bonchev–Trinajstić information content (AvgIpc) is 2.86. The van der Waals surface area contributed by atoms with E-state index in [1.54, 1.807) is 37.1 Å². The van der Waals surface area contributed by atoms with Gasteiger partial charge in [-0.05, 0) is 25.1 Å². The maximum absolute atomic E-state index is 10.6. The van der Waals surface area contributed by atoms with E-state index in [4.69, 9.17) is 21.1 Å². The van der Waals surface area contributed by atoms with Crippen molar-refractivity contribution in [3.63, 3.8) is 0 Å². The molecule has 0 fully saturated rings. The third kappa shape index (κ3) is 2.59. The molecule has 0 saturated carbocycles. The van der Waals surface area contributed by atoms with Gasteiger partial charge in [-0.1, -0.05) is 11.6 Å². The number of aryl methyl sites for hydroxylation is 1. The van der Waals surface area contributed by atoms with E-state index < -0.39 is 6.10 Å². The van der Waals surface area contributed by atoms with Crippen LogP contribution in [0.4, 0.5) is 0 Å². The summed E-state index contributed by atoms with van der Waals surface area (Å²) < 4.78 is 12.1. The van der Waals surface area contributed by atoms with Crippen molar-refractivity contribution in [3.05, 3.63) is 40.7 Å². The predicted octanol–water partition coefficient (Wildman–Crippen LogP) is 2.66. The number of nitrogens with zero attached hydrogens (tertiary/aromatic N) is 2. The number of hydrogen-bond acceptors (Lipinski definition) is 4. The topological polar surface area (TPSA) is 56.5 Å². The lowest BCUT2D eigenvalue weighted by Gasteiger charge is -2.17. The van der Waals surface area contributed by atoms with Crippen molar-refractivity contribution < 1.29 is 14.6 Å². The summed E-state index contributed by atoms with van der Waals surface area (Å²) in [7, 11) is 3.12. The molecule has 1 heterocycles. The van der Waals surface area contributed by atoms with Crippen LogP contribution >= 0.6 is 11.6 Å². The Morgan fingerprint density at radius 2 is 2.10 bits per heavy atom. The van der Waals surface area contributed by atoms with Crippen molar-refractivity contribution in [1.29, 1.82) is 0 Å². The summed E-state index contributed by atoms with van der Waals surface area (Å²) in [5, 5.41) is 15.2. The summed E-state index contributed by atoms with van der Waals surface area (Å²) in [5.41, 5.74) is 1.13. The second-order valence-corrected chi connectivity index (χ2v) is 4.61. The van der Waals surface area contributed by atoms with Crippen molar-refractivity contribution in [2.75, 3.05) is 14.2 Å². The van der Waals surface area contributed by atoms with Gasteiger partial charge in [-0.25, -0.2) is 0 Å². The maximum Gasteiger partial charge on any atom is 0.126 e. The number of ether oxygens (including phenoxy) is 2. The maximum atomic E-state index is 10.6. The molecule has 2 rings (SSSR count). The van der Waals surface area contributed by atoms with E-state index in [0.29, 0.717) is 34.3 Å². The average molecular weight is 297 g/mol. The van der Waals surface area contributed by atoms with Crippen molar-refractivity contribution in [2.24, 2.45) is 0 Å². The highest BCUT2D eigenvalue weighted by molar-refractivity contribution is 6.31. The Bertz CT molecular complexity index is 598. The molecule has 0 radical (unpaired) electrons. The molecule has 2 aromatic rings. The van der Waals surface area contributed by atoms with E-state index in [1.807, 2.05) is 6.92 Å². The Balaban J connectivity index is 2.51. The minimum atomic E-state index is -0.935. The van der Waals surface area contributed by atoms with E-state index in [9.17, 15) is 5.11 Å². The first kappa shape index (κ1) is 14.7. The largest absolute Gasteiger partial charge is 0.497 e. The summed E-state index contributed by atoms with van der Waals surface area (Å²) >= 11 is 6.12. The van der Waals surface area contributed by atoms with Gasteiger partial charge in [0.25, 0.3) is 0 Å². The summed E-state index contributed by atoms with van der Waals surface area (Å²) in [6.07, 6.45) is 0.589. The van der Waals surface area contributed by atoms with Gasteiger partial charge in [-0.2, -0.15) is 5.10 Å². The van der Waals surface area contributed by atoms with Crippen LogP contribution in [-0.4, -0.2) is 29.1 Å². The zero-order chi connectivity index (χ0) is 14.7. The Kier molecular flexibility index (Phi) is 4.52. The van der Waals surface area contributed by atoms with Crippen LogP contribution in [-0.2, 0) is 6.54 Å². The Hall–Kier alpha value is -1.72. The van der Waals surface area contributed by atoms with Crippen molar-refractivity contribution >= 4 is 11.6 Å². The highest BCUT2D eigenvalue weighted by Crippen LogP contribution is 2.35. The van der Waals surface area contributed by atoms with Crippen LogP contribution in [0.5, 0.6) is 11.5 Å². The van der Waals surface area contributed by atoms with Crippen LogP contribution in [0.15, 0.2) is 24.4 Å². The summed E-state index contributed by atoms with van der Waals surface area (Å²) in [6.45, 7) is 2.55. The van der Waals surface area contributed by atoms with Gasteiger partial charge in [0.2, 0.25) is 0 Å². The molecule has 0 aliphatic carbocycles. The molecule has 0 spiro atoms. The normalized spacial score (nSPS) is 12.2. The Morgan fingerprint density at radius 1 is 1.35 bits per heavy atom. The van der Waals surface area contributed by atoms with E-state index >= 15 is 0 Å². The number of hydrogen-bond donors (Lipinski definition) is 1. The fourth-order valence-electron chi connectivity index (χ4n) is 2.10. The van der Waals surface area contributed by atoms with E-state index in [2.05, 4.69) is 5.10 Å². The molecular weight excluding hydrogens is 280 g/mol. The summed E-state index contributed by atoms with van der Waals surface area (Å²) in [6, 6.07) is 5.25. The first-order valence-electron chi connectivity index (χ1n) is 6.23. The second kappa shape index (κ2) is 6.15. The number of aliphatic hydroxyl groups excluding tert-OH is 1. The van der Waals surface area contributed by atoms with Gasteiger partial charge < -0.3 is 14.6 Å². The molecule has 1 atom stereocenters. The number of methoxy groups -OCH3 is 2. The third-order valence-electron chi connectivity index (χ3n) is 3.12. The molecule has 6 heteroatoms. The molecule has 0 amide bonds. The van der Waals surface area contributed by atoms with Gasteiger partial charge in [0.1, 0.15) is 17.6 Å². The molecular formula is C14H17ClN2O3. The van der Waals surface area contributed by atoms with E-state index in [0.717, 1.165) is 0 Å². The minimum absolute atomic E-state index is 0.421. The van der Waals surface area contributed by atoms with Crippen molar-refractivity contribution in [1.82, 2.24) is 9.78 Å². The molecule has 1 aromatic heterocycles. The quantitative estimate of drug-likeness (QED) is 0.921. The van der Waals surface area contributed by atoms with Crippen LogP contribution in [0, 0.1) is 0 Å². The second-order valence-electron chi connectivity index (χ2n) is 4.20. The first-order valence-corrected chi connectivity index (χ1v) is 6.61. The van der Waals surface area contributed by atoms with Gasteiger partial charge in [-0.3, -0.25) is 4.68 Å². The molecule has 20 heavy (non-hydrogen) atoms. The minimum Gasteiger partial charge on any atom is -0.497 e. The Morgan fingerprint density at radius 3 is 2.70 bits per heavy atom. The lowest BCUT2D eigenvalue weighted by atomic mass is 10.0. The smallest absolute Gasteiger partial charge is 0.126 e. The molecule has 108 valence electrons. The SMILES string of the molecule is CCn1ncc(Cl)c1C(O)c1cc(OC)ccc1OC. The molecule has 0 bridgehead atoms. The van der Waals surface area contributed by atoms with Gasteiger partial charge in [0.15, 0.2) is 0 Å². The zero-order valence-corrected chi connectivity index (χ0v) is 12.4. The molecule has 0 saturated heterocycles. The first-order chi connectivity index (χ1) is 9.62. The number of aromatic nitrogens is 2. The Labute approximate surface area is 122 Å². The lowest BCUT2D eigenvalue weighted by molar-refractivity contribution is 0.202. The fraction of sp³-hybridized carbons (Fsp3) is 0.357. The summed E-state index contributed by atoms with van der Waals surface area (Å²) in [4.78, 5) is 0.